The highest BCUT2D eigenvalue weighted by molar-refractivity contribution is 5.75. The zero-order chi connectivity index (χ0) is 11.5. The number of hydrogen-bond acceptors (Lipinski definition) is 4. The van der Waals surface area contributed by atoms with Crippen LogP contribution in [0.5, 0.6) is 11.5 Å². The third-order valence-electron chi connectivity index (χ3n) is 2.21. The molecule has 0 amide bonds. The topological polar surface area (TPSA) is 78.5 Å². The SMILES string of the molecule is Nc1cc(O)ccc1Nc1ccccc1O. The first-order valence-electron chi connectivity index (χ1n) is 4.80. The number of benzene rings is 2. The Balaban J connectivity index is 2.31. The molecule has 0 heterocycles. The molecule has 4 heteroatoms. The fourth-order valence-corrected chi connectivity index (χ4v) is 1.39. The Hall–Kier alpha value is -2.36. The Morgan fingerprint density at radius 3 is 2.38 bits per heavy atom. The molecule has 0 atom stereocenters. The fraction of sp³-hybridized carbons (Fsp3) is 0. The monoisotopic (exact) mass is 216 g/mol. The number of nitrogens with two attached hydrogens (primary N) is 1. The molecule has 4 nitrogen and oxygen atoms in total. The highest BCUT2D eigenvalue weighted by Gasteiger charge is 2.03. The van der Waals surface area contributed by atoms with Crippen LogP contribution >= 0.6 is 0 Å². The summed E-state index contributed by atoms with van der Waals surface area (Å²) in [6.45, 7) is 0. The predicted molar refractivity (Wildman–Crippen MR) is 63.9 cm³/mol. The summed E-state index contributed by atoms with van der Waals surface area (Å²) in [6, 6.07) is 11.5. The van der Waals surface area contributed by atoms with Gasteiger partial charge in [-0.3, -0.25) is 0 Å². The second kappa shape index (κ2) is 4.02. The Kier molecular flexibility index (Phi) is 2.55. The summed E-state index contributed by atoms with van der Waals surface area (Å²) in [5, 5.41) is 21.7. The number of hydrogen-bond donors (Lipinski definition) is 4. The summed E-state index contributed by atoms with van der Waals surface area (Å²) in [4.78, 5) is 0. The molecule has 0 aliphatic heterocycles. The van der Waals surface area contributed by atoms with Crippen LogP contribution in [0.4, 0.5) is 17.1 Å². The first-order valence-corrected chi connectivity index (χ1v) is 4.80. The Morgan fingerprint density at radius 1 is 0.938 bits per heavy atom. The van der Waals surface area contributed by atoms with Gasteiger partial charge in [-0.25, -0.2) is 0 Å². The number of anilines is 3. The van der Waals surface area contributed by atoms with E-state index < -0.39 is 0 Å². The minimum Gasteiger partial charge on any atom is -0.508 e. The van der Waals surface area contributed by atoms with Crippen molar-refractivity contribution in [3.63, 3.8) is 0 Å². The van der Waals surface area contributed by atoms with E-state index in [0.717, 1.165) is 0 Å². The molecule has 0 radical (unpaired) electrons. The molecule has 0 aliphatic carbocycles. The van der Waals surface area contributed by atoms with Crippen molar-refractivity contribution < 1.29 is 10.2 Å². The third-order valence-corrected chi connectivity index (χ3v) is 2.21. The lowest BCUT2D eigenvalue weighted by atomic mass is 10.2. The number of nitrogen functional groups attached to an aromatic ring is 1. The molecule has 82 valence electrons. The summed E-state index contributed by atoms with van der Waals surface area (Å²) in [5.41, 5.74) is 7.34. The van der Waals surface area contributed by atoms with E-state index in [9.17, 15) is 10.2 Å². The van der Waals surface area contributed by atoms with Gasteiger partial charge in [0, 0.05) is 6.07 Å². The quantitative estimate of drug-likeness (QED) is 0.353. The average Bonchev–Trinajstić information content (AvgIpc) is 2.25. The maximum Gasteiger partial charge on any atom is 0.139 e. The molecule has 0 unspecified atom stereocenters. The smallest absolute Gasteiger partial charge is 0.139 e. The summed E-state index contributed by atoms with van der Waals surface area (Å²) in [6.07, 6.45) is 0. The van der Waals surface area contributed by atoms with E-state index in [0.29, 0.717) is 17.1 Å². The molecular formula is C12H12N2O2. The summed E-state index contributed by atoms with van der Waals surface area (Å²) in [5.74, 6) is 0.260. The second-order valence-corrected chi connectivity index (χ2v) is 3.41. The molecule has 16 heavy (non-hydrogen) atoms. The lowest BCUT2D eigenvalue weighted by Crippen LogP contribution is -1.95. The van der Waals surface area contributed by atoms with E-state index in [1.807, 2.05) is 0 Å². The van der Waals surface area contributed by atoms with Gasteiger partial charge in [-0.2, -0.15) is 0 Å². The normalized spacial score (nSPS) is 10.0. The molecule has 0 spiro atoms. The number of nitrogens with one attached hydrogen (secondary N) is 1. The van der Waals surface area contributed by atoms with Gasteiger partial charge in [0.05, 0.1) is 17.1 Å². The minimum absolute atomic E-state index is 0.111. The molecule has 2 aromatic rings. The average molecular weight is 216 g/mol. The molecule has 2 rings (SSSR count). The van der Waals surface area contributed by atoms with Gasteiger partial charge in [-0.1, -0.05) is 12.1 Å². The van der Waals surface area contributed by atoms with E-state index >= 15 is 0 Å². The van der Waals surface area contributed by atoms with Crippen molar-refractivity contribution in [1.82, 2.24) is 0 Å². The molecule has 0 saturated carbocycles. The largest absolute Gasteiger partial charge is 0.508 e. The first-order chi connectivity index (χ1) is 7.66. The van der Waals surface area contributed by atoms with Crippen molar-refractivity contribution in [3.05, 3.63) is 42.5 Å². The molecule has 2 aromatic carbocycles. The molecule has 0 aliphatic rings. The van der Waals surface area contributed by atoms with Crippen molar-refractivity contribution in [2.45, 2.75) is 0 Å². The molecular weight excluding hydrogens is 204 g/mol. The van der Waals surface area contributed by atoms with Crippen LogP contribution in [0.25, 0.3) is 0 Å². The highest BCUT2D eigenvalue weighted by atomic mass is 16.3. The van der Waals surface area contributed by atoms with Crippen molar-refractivity contribution in [1.29, 1.82) is 0 Å². The van der Waals surface area contributed by atoms with Gasteiger partial charge in [-0.15, -0.1) is 0 Å². The van der Waals surface area contributed by atoms with Crippen molar-refractivity contribution >= 4 is 17.1 Å². The van der Waals surface area contributed by atoms with E-state index in [2.05, 4.69) is 5.32 Å². The van der Waals surface area contributed by atoms with Crippen molar-refractivity contribution in [2.75, 3.05) is 11.1 Å². The van der Waals surface area contributed by atoms with Crippen LogP contribution in [0.2, 0.25) is 0 Å². The minimum atomic E-state index is 0.111. The Morgan fingerprint density at radius 2 is 1.69 bits per heavy atom. The van der Waals surface area contributed by atoms with E-state index in [4.69, 9.17) is 5.73 Å². The van der Waals surface area contributed by atoms with Gasteiger partial charge in [-0.05, 0) is 24.3 Å². The molecule has 0 aromatic heterocycles. The van der Waals surface area contributed by atoms with Crippen LogP contribution < -0.4 is 11.1 Å². The summed E-state index contributed by atoms with van der Waals surface area (Å²) < 4.78 is 0. The lowest BCUT2D eigenvalue weighted by molar-refractivity contribution is 0.476. The van der Waals surface area contributed by atoms with Crippen LogP contribution in [-0.2, 0) is 0 Å². The third kappa shape index (κ3) is 2.00. The standard InChI is InChI=1S/C12H12N2O2/c13-9-7-8(15)5-6-10(9)14-11-3-1-2-4-12(11)16/h1-7,14-16H,13H2. The van der Waals surface area contributed by atoms with Crippen LogP contribution in [0.3, 0.4) is 0 Å². The zero-order valence-electron chi connectivity index (χ0n) is 8.51. The van der Waals surface area contributed by atoms with Crippen molar-refractivity contribution in [2.24, 2.45) is 0 Å². The Labute approximate surface area is 93.0 Å². The highest BCUT2D eigenvalue weighted by Crippen LogP contribution is 2.30. The van der Waals surface area contributed by atoms with Crippen molar-refractivity contribution in [3.8, 4) is 11.5 Å². The van der Waals surface area contributed by atoms with Crippen LogP contribution in [0.15, 0.2) is 42.5 Å². The number of rotatable bonds is 2. The molecule has 0 bridgehead atoms. The predicted octanol–water partition coefficient (Wildman–Crippen LogP) is 2.42. The number of para-hydroxylation sites is 2. The number of phenols is 2. The number of aromatic hydroxyl groups is 2. The fourth-order valence-electron chi connectivity index (χ4n) is 1.39. The van der Waals surface area contributed by atoms with Gasteiger partial charge < -0.3 is 21.3 Å². The van der Waals surface area contributed by atoms with Gasteiger partial charge in [0.1, 0.15) is 11.5 Å². The van der Waals surface area contributed by atoms with E-state index in [-0.39, 0.29) is 11.5 Å². The zero-order valence-corrected chi connectivity index (χ0v) is 8.51. The lowest BCUT2D eigenvalue weighted by Gasteiger charge is -2.10. The molecule has 0 fully saturated rings. The van der Waals surface area contributed by atoms with Gasteiger partial charge >= 0.3 is 0 Å². The Bertz CT molecular complexity index is 512. The second-order valence-electron chi connectivity index (χ2n) is 3.41. The molecule has 0 saturated heterocycles. The molecule has 5 N–H and O–H groups in total. The van der Waals surface area contributed by atoms with Crippen LogP contribution in [0, 0.1) is 0 Å². The summed E-state index contributed by atoms with van der Waals surface area (Å²) >= 11 is 0. The van der Waals surface area contributed by atoms with Gasteiger partial charge in [0.2, 0.25) is 0 Å². The maximum absolute atomic E-state index is 9.56. The van der Waals surface area contributed by atoms with Gasteiger partial charge in [0.25, 0.3) is 0 Å². The van der Waals surface area contributed by atoms with Crippen LogP contribution in [-0.4, -0.2) is 10.2 Å². The van der Waals surface area contributed by atoms with Crippen LogP contribution in [0.1, 0.15) is 0 Å². The summed E-state index contributed by atoms with van der Waals surface area (Å²) in [7, 11) is 0. The first kappa shape index (κ1) is 10.2. The van der Waals surface area contributed by atoms with E-state index in [1.165, 1.54) is 12.1 Å². The number of phenolic OH excluding ortho intramolecular Hbond substituents is 2. The van der Waals surface area contributed by atoms with Gasteiger partial charge in [0.15, 0.2) is 0 Å². The van der Waals surface area contributed by atoms with E-state index in [1.54, 1.807) is 30.3 Å². The maximum atomic E-state index is 9.56.